The van der Waals surface area contributed by atoms with E-state index in [-0.39, 0.29) is 5.69 Å². The van der Waals surface area contributed by atoms with Gasteiger partial charge in [0, 0.05) is 6.07 Å². The molecule has 92 valence electrons. The number of aliphatic carboxylic acids is 1. The molecule has 0 aliphatic heterocycles. The number of amides is 1. The van der Waals surface area contributed by atoms with Crippen molar-refractivity contribution in [1.29, 1.82) is 0 Å². The fraction of sp³-hybridized carbons (Fsp3) is 0.200. The van der Waals surface area contributed by atoms with Crippen LogP contribution < -0.4 is 11.1 Å². The maximum atomic E-state index is 13.3. The summed E-state index contributed by atoms with van der Waals surface area (Å²) in [7, 11) is 0. The van der Waals surface area contributed by atoms with Gasteiger partial charge in [0.2, 0.25) is 0 Å². The Labute approximate surface area is 95.2 Å². The van der Waals surface area contributed by atoms with Crippen molar-refractivity contribution >= 4 is 17.6 Å². The van der Waals surface area contributed by atoms with E-state index < -0.39 is 35.1 Å². The standard InChI is InChI=1S/C10H10F2N2O3/c1-4(10(16)17)14-8-2-5(9(13)15)6(11)3-7(8)12/h2-4,14H,1H3,(H2,13,15)(H,16,17). The van der Waals surface area contributed by atoms with Gasteiger partial charge in [0.1, 0.15) is 17.7 Å². The van der Waals surface area contributed by atoms with Crippen LogP contribution in [0.1, 0.15) is 17.3 Å². The number of primary amides is 1. The van der Waals surface area contributed by atoms with Crippen LogP contribution in [0.2, 0.25) is 0 Å². The first-order chi connectivity index (χ1) is 7.82. The maximum Gasteiger partial charge on any atom is 0.325 e. The molecule has 0 aliphatic carbocycles. The van der Waals surface area contributed by atoms with E-state index in [0.717, 1.165) is 6.07 Å². The molecule has 1 amide bonds. The second-order valence-corrected chi connectivity index (χ2v) is 3.38. The number of hydrogen-bond donors (Lipinski definition) is 3. The molecule has 1 atom stereocenters. The van der Waals surface area contributed by atoms with E-state index in [2.05, 4.69) is 5.32 Å². The number of anilines is 1. The molecule has 1 unspecified atom stereocenters. The average Bonchev–Trinajstić information content (AvgIpc) is 2.21. The molecule has 7 heteroatoms. The first-order valence-corrected chi connectivity index (χ1v) is 4.61. The molecule has 1 aromatic rings. The Kier molecular flexibility index (Phi) is 3.62. The smallest absolute Gasteiger partial charge is 0.325 e. The molecule has 0 aromatic heterocycles. The van der Waals surface area contributed by atoms with Gasteiger partial charge in [0.05, 0.1) is 11.3 Å². The van der Waals surface area contributed by atoms with Crippen LogP contribution in [0.25, 0.3) is 0 Å². The highest BCUT2D eigenvalue weighted by Crippen LogP contribution is 2.20. The normalized spacial score (nSPS) is 11.9. The topological polar surface area (TPSA) is 92.4 Å². The lowest BCUT2D eigenvalue weighted by atomic mass is 10.1. The highest BCUT2D eigenvalue weighted by molar-refractivity contribution is 5.94. The SMILES string of the molecule is CC(Nc1cc(C(N)=O)c(F)cc1F)C(=O)O. The van der Waals surface area contributed by atoms with Gasteiger partial charge in [0.25, 0.3) is 5.91 Å². The number of rotatable bonds is 4. The second-order valence-electron chi connectivity index (χ2n) is 3.38. The first-order valence-electron chi connectivity index (χ1n) is 4.61. The number of carboxylic acids is 1. The molecule has 5 nitrogen and oxygen atoms in total. The molecule has 1 aromatic carbocycles. The van der Waals surface area contributed by atoms with E-state index in [1.165, 1.54) is 6.92 Å². The van der Waals surface area contributed by atoms with E-state index in [1.807, 2.05) is 0 Å². The number of nitrogens with one attached hydrogen (secondary N) is 1. The van der Waals surface area contributed by atoms with Crippen molar-refractivity contribution < 1.29 is 23.5 Å². The third-order valence-corrected chi connectivity index (χ3v) is 2.06. The fourth-order valence-corrected chi connectivity index (χ4v) is 1.14. The molecular formula is C10H10F2N2O3. The van der Waals surface area contributed by atoms with Gasteiger partial charge in [-0.1, -0.05) is 0 Å². The van der Waals surface area contributed by atoms with E-state index in [4.69, 9.17) is 10.8 Å². The summed E-state index contributed by atoms with van der Waals surface area (Å²) in [6.45, 7) is 1.27. The molecule has 0 fully saturated rings. The summed E-state index contributed by atoms with van der Waals surface area (Å²) < 4.78 is 26.4. The number of benzene rings is 1. The number of carboxylic acid groups (broad SMARTS) is 1. The Balaban J connectivity index is 3.12. The van der Waals surface area contributed by atoms with E-state index in [1.54, 1.807) is 0 Å². The minimum Gasteiger partial charge on any atom is -0.480 e. The average molecular weight is 244 g/mol. The van der Waals surface area contributed by atoms with Crippen molar-refractivity contribution in [3.63, 3.8) is 0 Å². The summed E-state index contributed by atoms with van der Waals surface area (Å²) >= 11 is 0. The lowest BCUT2D eigenvalue weighted by molar-refractivity contribution is -0.137. The minimum atomic E-state index is -1.21. The molecule has 0 aliphatic rings. The lowest BCUT2D eigenvalue weighted by Gasteiger charge is -2.12. The number of carbonyl (C=O) groups is 2. The summed E-state index contributed by atoms with van der Waals surface area (Å²) in [6.07, 6.45) is 0. The zero-order valence-corrected chi connectivity index (χ0v) is 8.83. The van der Waals surface area contributed by atoms with Crippen molar-refractivity contribution in [1.82, 2.24) is 0 Å². The highest BCUT2D eigenvalue weighted by Gasteiger charge is 2.17. The molecule has 0 heterocycles. The highest BCUT2D eigenvalue weighted by atomic mass is 19.1. The summed E-state index contributed by atoms with van der Waals surface area (Å²) in [6, 6.07) is 0.222. The molecule has 4 N–H and O–H groups in total. The van der Waals surface area contributed by atoms with Gasteiger partial charge in [-0.15, -0.1) is 0 Å². The molecule has 17 heavy (non-hydrogen) atoms. The molecule has 1 rings (SSSR count). The van der Waals surface area contributed by atoms with Gasteiger partial charge < -0.3 is 16.2 Å². The molecule has 0 spiro atoms. The lowest BCUT2D eigenvalue weighted by Crippen LogP contribution is -2.26. The van der Waals surface area contributed by atoms with Gasteiger partial charge in [-0.3, -0.25) is 9.59 Å². The first kappa shape index (κ1) is 12.9. The molecular weight excluding hydrogens is 234 g/mol. The molecule has 0 bridgehead atoms. The number of hydrogen-bond acceptors (Lipinski definition) is 3. The fourth-order valence-electron chi connectivity index (χ4n) is 1.14. The Bertz CT molecular complexity index is 477. The van der Waals surface area contributed by atoms with Crippen molar-refractivity contribution in [3.8, 4) is 0 Å². The zero-order chi connectivity index (χ0) is 13.2. The number of nitrogens with two attached hydrogens (primary N) is 1. The third-order valence-electron chi connectivity index (χ3n) is 2.06. The van der Waals surface area contributed by atoms with Gasteiger partial charge >= 0.3 is 5.97 Å². The Morgan fingerprint density at radius 2 is 1.94 bits per heavy atom. The van der Waals surface area contributed by atoms with Crippen molar-refractivity contribution in [3.05, 3.63) is 29.3 Å². The molecule has 0 saturated heterocycles. The Hall–Kier alpha value is -2.18. The van der Waals surface area contributed by atoms with Crippen LogP contribution in [0, 0.1) is 11.6 Å². The van der Waals surface area contributed by atoms with E-state index in [9.17, 15) is 18.4 Å². The summed E-state index contributed by atoms with van der Waals surface area (Å²) in [5.41, 5.74) is 4.07. The summed E-state index contributed by atoms with van der Waals surface area (Å²) in [5, 5.41) is 10.9. The van der Waals surface area contributed by atoms with Crippen LogP contribution in [0.3, 0.4) is 0 Å². The number of halogens is 2. The predicted octanol–water partition coefficient (Wildman–Crippen LogP) is 0.949. The minimum absolute atomic E-state index is 0.296. The predicted molar refractivity (Wildman–Crippen MR) is 55.6 cm³/mol. The van der Waals surface area contributed by atoms with Crippen molar-refractivity contribution in [2.45, 2.75) is 13.0 Å². The van der Waals surface area contributed by atoms with Gasteiger partial charge in [-0.25, -0.2) is 8.78 Å². The van der Waals surface area contributed by atoms with Crippen LogP contribution in [0.5, 0.6) is 0 Å². The van der Waals surface area contributed by atoms with Crippen LogP contribution in [0.15, 0.2) is 12.1 Å². The summed E-state index contributed by atoms with van der Waals surface area (Å²) in [4.78, 5) is 21.4. The quantitative estimate of drug-likeness (QED) is 0.735. The van der Waals surface area contributed by atoms with Crippen LogP contribution in [0.4, 0.5) is 14.5 Å². The molecule has 0 saturated carbocycles. The van der Waals surface area contributed by atoms with E-state index >= 15 is 0 Å². The summed E-state index contributed by atoms with van der Waals surface area (Å²) in [5.74, 6) is -4.37. The Morgan fingerprint density at radius 3 is 2.41 bits per heavy atom. The van der Waals surface area contributed by atoms with Gasteiger partial charge in [-0.2, -0.15) is 0 Å². The van der Waals surface area contributed by atoms with Gasteiger partial charge in [-0.05, 0) is 13.0 Å². The van der Waals surface area contributed by atoms with Crippen molar-refractivity contribution in [2.24, 2.45) is 5.73 Å². The third kappa shape index (κ3) is 2.90. The largest absolute Gasteiger partial charge is 0.480 e. The second kappa shape index (κ2) is 4.77. The molecule has 0 radical (unpaired) electrons. The number of carbonyl (C=O) groups excluding carboxylic acids is 1. The monoisotopic (exact) mass is 244 g/mol. The van der Waals surface area contributed by atoms with Crippen LogP contribution in [-0.2, 0) is 4.79 Å². The van der Waals surface area contributed by atoms with Crippen LogP contribution >= 0.6 is 0 Å². The maximum absolute atomic E-state index is 13.3. The zero-order valence-electron chi connectivity index (χ0n) is 8.83. The van der Waals surface area contributed by atoms with E-state index in [0.29, 0.717) is 6.07 Å². The Morgan fingerprint density at radius 1 is 1.35 bits per heavy atom. The van der Waals surface area contributed by atoms with Crippen LogP contribution in [-0.4, -0.2) is 23.0 Å². The van der Waals surface area contributed by atoms with Gasteiger partial charge in [0.15, 0.2) is 0 Å². The van der Waals surface area contributed by atoms with Crippen molar-refractivity contribution in [2.75, 3.05) is 5.32 Å².